The van der Waals surface area contributed by atoms with Gasteiger partial charge in [0.05, 0.1) is 5.56 Å². The average Bonchev–Trinajstić information content (AvgIpc) is 2.44. The third kappa shape index (κ3) is 2.35. The Labute approximate surface area is 125 Å². The van der Waals surface area contributed by atoms with Crippen molar-refractivity contribution in [2.75, 3.05) is 0 Å². The summed E-state index contributed by atoms with van der Waals surface area (Å²) in [4.78, 5) is 11.0. The fourth-order valence-electron chi connectivity index (χ4n) is 5.20. The van der Waals surface area contributed by atoms with Crippen molar-refractivity contribution >= 4 is 5.97 Å². The molecule has 0 radical (unpaired) electrons. The van der Waals surface area contributed by atoms with Crippen molar-refractivity contribution in [3.63, 3.8) is 0 Å². The van der Waals surface area contributed by atoms with E-state index in [1.165, 1.54) is 38.5 Å². The second kappa shape index (κ2) is 4.63. The number of hydrogen-bond donors (Lipinski definition) is 1. The number of hydrogen-bond acceptors (Lipinski definition) is 1. The van der Waals surface area contributed by atoms with E-state index in [1.54, 1.807) is 18.2 Å². The van der Waals surface area contributed by atoms with Crippen LogP contribution in [0.4, 0.5) is 0 Å². The first kappa shape index (κ1) is 13.0. The lowest BCUT2D eigenvalue weighted by Crippen LogP contribution is -2.45. The molecule has 21 heavy (non-hydrogen) atoms. The van der Waals surface area contributed by atoms with Gasteiger partial charge in [-0.15, -0.1) is 0 Å². The first-order valence-electron chi connectivity index (χ1n) is 7.98. The zero-order valence-corrected chi connectivity index (χ0v) is 12.1. The van der Waals surface area contributed by atoms with Crippen LogP contribution in [-0.2, 0) is 0 Å². The van der Waals surface area contributed by atoms with Crippen LogP contribution in [0.5, 0.6) is 0 Å². The predicted octanol–water partition coefficient (Wildman–Crippen LogP) is 3.95. The second-order valence-electron chi connectivity index (χ2n) is 7.33. The van der Waals surface area contributed by atoms with Gasteiger partial charge in [-0.2, -0.15) is 0 Å². The first-order chi connectivity index (χ1) is 10.1. The van der Waals surface area contributed by atoms with Crippen molar-refractivity contribution in [2.24, 2.45) is 23.2 Å². The zero-order chi connectivity index (χ0) is 14.4. The summed E-state index contributed by atoms with van der Waals surface area (Å²) in [6.07, 6.45) is 8.08. The van der Waals surface area contributed by atoms with E-state index in [9.17, 15) is 4.79 Å². The Balaban J connectivity index is 1.62. The molecule has 2 nitrogen and oxygen atoms in total. The molecule has 4 aliphatic rings. The molecule has 4 saturated carbocycles. The highest BCUT2D eigenvalue weighted by atomic mass is 16.4. The van der Waals surface area contributed by atoms with Gasteiger partial charge >= 0.3 is 5.97 Å². The molecule has 0 saturated heterocycles. The Bertz CT molecular complexity index is 612. The average molecular weight is 280 g/mol. The van der Waals surface area contributed by atoms with Gasteiger partial charge in [0.1, 0.15) is 0 Å². The summed E-state index contributed by atoms with van der Waals surface area (Å²) in [6, 6.07) is 7.02. The monoisotopic (exact) mass is 280 g/mol. The Morgan fingerprint density at radius 1 is 1.10 bits per heavy atom. The molecule has 4 aliphatic carbocycles. The van der Waals surface area contributed by atoms with E-state index in [-0.39, 0.29) is 5.41 Å². The third-order valence-electron chi connectivity index (χ3n) is 5.62. The lowest BCUT2D eigenvalue weighted by atomic mass is 9.50. The minimum absolute atomic E-state index is 0.230. The van der Waals surface area contributed by atoms with Crippen LogP contribution in [0.1, 0.15) is 54.4 Å². The molecule has 0 aliphatic heterocycles. The van der Waals surface area contributed by atoms with Crippen molar-refractivity contribution in [3.8, 4) is 11.8 Å². The molecular formula is C19H20O2. The minimum atomic E-state index is -0.881. The molecule has 5 rings (SSSR count). The third-order valence-corrected chi connectivity index (χ3v) is 5.62. The normalized spacial score (nSPS) is 36.1. The molecule has 0 unspecified atom stereocenters. The number of carboxylic acid groups (broad SMARTS) is 1. The molecule has 1 aromatic carbocycles. The lowest BCUT2D eigenvalue weighted by molar-refractivity contribution is -0.0181. The van der Waals surface area contributed by atoms with E-state index in [0.717, 1.165) is 23.3 Å². The van der Waals surface area contributed by atoms with Gasteiger partial charge in [-0.25, -0.2) is 4.79 Å². The molecule has 0 aromatic heterocycles. The molecule has 4 bridgehead atoms. The fourth-order valence-corrected chi connectivity index (χ4v) is 5.20. The van der Waals surface area contributed by atoms with Crippen molar-refractivity contribution < 1.29 is 9.90 Å². The molecule has 0 spiro atoms. The van der Waals surface area contributed by atoms with Gasteiger partial charge in [0.25, 0.3) is 0 Å². The topological polar surface area (TPSA) is 37.3 Å². The van der Waals surface area contributed by atoms with Gasteiger partial charge in [-0.1, -0.05) is 17.9 Å². The molecule has 1 aromatic rings. The van der Waals surface area contributed by atoms with Crippen molar-refractivity contribution in [1.29, 1.82) is 0 Å². The van der Waals surface area contributed by atoms with E-state index >= 15 is 0 Å². The van der Waals surface area contributed by atoms with E-state index in [0.29, 0.717) is 5.56 Å². The maximum absolute atomic E-state index is 11.0. The van der Waals surface area contributed by atoms with Crippen molar-refractivity contribution in [3.05, 3.63) is 35.4 Å². The Hall–Kier alpha value is -1.75. The van der Waals surface area contributed by atoms with E-state index in [4.69, 9.17) is 5.11 Å². The number of rotatable bonds is 1. The van der Waals surface area contributed by atoms with Gasteiger partial charge < -0.3 is 5.11 Å². The Morgan fingerprint density at radius 3 is 2.29 bits per heavy atom. The molecule has 0 heterocycles. The number of carbonyl (C=O) groups is 1. The maximum Gasteiger partial charge on any atom is 0.335 e. The standard InChI is InChI=1S/C19H20O2/c20-18(21)17-3-1-2-13(9-17)4-5-19-10-14-6-15(11-19)8-16(7-14)12-19/h1-3,9,14-16H,6-8,10-12H2,(H,20,21). The van der Waals surface area contributed by atoms with Crippen LogP contribution in [0.25, 0.3) is 0 Å². The van der Waals surface area contributed by atoms with Crippen LogP contribution in [-0.4, -0.2) is 11.1 Å². The second-order valence-corrected chi connectivity index (χ2v) is 7.33. The van der Waals surface area contributed by atoms with Crippen LogP contribution in [0, 0.1) is 35.0 Å². The van der Waals surface area contributed by atoms with Crippen LogP contribution >= 0.6 is 0 Å². The van der Waals surface area contributed by atoms with Crippen LogP contribution < -0.4 is 0 Å². The number of benzene rings is 1. The van der Waals surface area contributed by atoms with Crippen molar-refractivity contribution in [2.45, 2.75) is 38.5 Å². The van der Waals surface area contributed by atoms with Gasteiger partial charge in [-0.05, 0) is 74.5 Å². The van der Waals surface area contributed by atoms with Gasteiger partial charge in [0.15, 0.2) is 0 Å². The lowest BCUT2D eigenvalue weighted by Gasteiger charge is -2.54. The smallest absolute Gasteiger partial charge is 0.335 e. The van der Waals surface area contributed by atoms with E-state index in [2.05, 4.69) is 11.8 Å². The maximum atomic E-state index is 11.0. The molecule has 2 heteroatoms. The predicted molar refractivity (Wildman–Crippen MR) is 80.9 cm³/mol. The van der Waals surface area contributed by atoms with E-state index in [1.807, 2.05) is 6.07 Å². The van der Waals surface area contributed by atoms with Gasteiger partial charge in [0.2, 0.25) is 0 Å². The van der Waals surface area contributed by atoms with Crippen LogP contribution in [0.15, 0.2) is 24.3 Å². The molecule has 108 valence electrons. The highest BCUT2D eigenvalue weighted by Crippen LogP contribution is 2.59. The van der Waals surface area contributed by atoms with Gasteiger partial charge in [-0.3, -0.25) is 0 Å². The summed E-state index contributed by atoms with van der Waals surface area (Å²) in [5, 5.41) is 9.06. The minimum Gasteiger partial charge on any atom is -0.478 e. The summed E-state index contributed by atoms with van der Waals surface area (Å²) < 4.78 is 0. The quantitative estimate of drug-likeness (QED) is 0.791. The van der Waals surface area contributed by atoms with Gasteiger partial charge in [0, 0.05) is 11.0 Å². The molecular weight excluding hydrogens is 260 g/mol. The van der Waals surface area contributed by atoms with E-state index < -0.39 is 5.97 Å². The fraction of sp³-hybridized carbons (Fsp3) is 0.526. The number of carboxylic acids is 1. The largest absolute Gasteiger partial charge is 0.478 e. The highest BCUT2D eigenvalue weighted by Gasteiger charge is 2.50. The number of aromatic carboxylic acids is 1. The summed E-state index contributed by atoms with van der Waals surface area (Å²) >= 11 is 0. The van der Waals surface area contributed by atoms with Crippen LogP contribution in [0.2, 0.25) is 0 Å². The van der Waals surface area contributed by atoms with Crippen LogP contribution in [0.3, 0.4) is 0 Å². The molecule has 0 amide bonds. The Kier molecular flexibility index (Phi) is 2.85. The molecule has 1 N–H and O–H groups in total. The summed E-state index contributed by atoms with van der Waals surface area (Å²) in [5.74, 6) is 8.67. The summed E-state index contributed by atoms with van der Waals surface area (Å²) in [5.41, 5.74) is 1.39. The van der Waals surface area contributed by atoms with Crippen molar-refractivity contribution in [1.82, 2.24) is 0 Å². The molecule has 4 fully saturated rings. The first-order valence-corrected chi connectivity index (χ1v) is 7.98. The highest BCUT2D eigenvalue weighted by molar-refractivity contribution is 5.88. The summed E-state index contributed by atoms with van der Waals surface area (Å²) in [7, 11) is 0. The summed E-state index contributed by atoms with van der Waals surface area (Å²) in [6.45, 7) is 0. The Morgan fingerprint density at radius 2 is 1.71 bits per heavy atom. The SMILES string of the molecule is O=C(O)c1cccc(C#CC23CC4CC(CC(C4)C2)C3)c1. The molecule has 0 atom stereocenters. The zero-order valence-electron chi connectivity index (χ0n) is 12.1.